The Morgan fingerprint density at radius 2 is 1.39 bits per heavy atom. The number of hydrogen-bond donors (Lipinski definition) is 2. The number of rotatable bonds is 1. The normalized spacial score (nSPS) is 9.87. The molecule has 0 fully saturated rings. The van der Waals surface area contributed by atoms with Crippen LogP contribution in [0.3, 0.4) is 0 Å². The summed E-state index contributed by atoms with van der Waals surface area (Å²) in [6.07, 6.45) is 10.2. The van der Waals surface area contributed by atoms with E-state index in [1.807, 2.05) is 36.9 Å². The van der Waals surface area contributed by atoms with Gasteiger partial charge in [0.15, 0.2) is 0 Å². The zero-order chi connectivity index (χ0) is 16.5. The molecule has 0 aliphatic rings. The van der Waals surface area contributed by atoms with Crippen LogP contribution in [0.2, 0.25) is 0 Å². The average Bonchev–Trinajstić information content (AvgIpc) is 3.22. The first-order chi connectivity index (χ1) is 11.3. The van der Waals surface area contributed by atoms with Crippen molar-refractivity contribution in [2.45, 2.75) is 4.90 Å². The van der Waals surface area contributed by atoms with Crippen molar-refractivity contribution < 1.29 is 0 Å². The van der Waals surface area contributed by atoms with Gasteiger partial charge in [0.1, 0.15) is 0 Å². The molecule has 0 radical (unpaired) electrons. The van der Waals surface area contributed by atoms with Crippen molar-refractivity contribution in [1.82, 2.24) is 9.97 Å². The molecule has 4 heteroatoms. The van der Waals surface area contributed by atoms with Crippen molar-refractivity contribution in [3.8, 4) is 0 Å². The molecular weight excluding hydrogens is 320 g/mol. The molecule has 0 spiro atoms. The number of para-hydroxylation sites is 2. The smallest absolute Gasteiger partial charge is 0.0465 e. The van der Waals surface area contributed by atoms with Crippen LogP contribution < -0.4 is 0 Å². The van der Waals surface area contributed by atoms with Gasteiger partial charge in [0.25, 0.3) is 0 Å². The summed E-state index contributed by atoms with van der Waals surface area (Å²) >= 11 is 3.52. The topological polar surface area (TPSA) is 31.6 Å². The third-order valence-electron chi connectivity index (χ3n) is 3.23. The van der Waals surface area contributed by atoms with Crippen molar-refractivity contribution in [3.05, 3.63) is 67.0 Å². The summed E-state index contributed by atoms with van der Waals surface area (Å²) in [5.41, 5.74) is 2.43. The molecule has 0 unspecified atom stereocenters. The number of aromatic nitrogens is 2. The molecule has 0 saturated carbocycles. The van der Waals surface area contributed by atoms with Crippen LogP contribution in [-0.2, 0) is 0 Å². The fourth-order valence-corrected chi connectivity index (χ4v) is 2.78. The second-order valence-corrected chi connectivity index (χ2v) is 6.54. The maximum Gasteiger partial charge on any atom is 0.0465 e. The molecule has 0 atom stereocenters. The summed E-state index contributed by atoms with van der Waals surface area (Å²) in [5, 5.41) is 2.59. The predicted octanol–water partition coefficient (Wildman–Crippen LogP) is 6.04. The number of H-pyrrole nitrogens is 2. The van der Waals surface area contributed by atoms with Crippen molar-refractivity contribution in [1.29, 1.82) is 0 Å². The van der Waals surface area contributed by atoms with Gasteiger partial charge >= 0.3 is 0 Å². The second-order valence-electron chi connectivity index (χ2n) is 4.88. The van der Waals surface area contributed by atoms with Gasteiger partial charge in [-0.15, -0.1) is 11.8 Å². The van der Waals surface area contributed by atoms with Crippen molar-refractivity contribution in [3.63, 3.8) is 0 Å². The molecule has 0 amide bonds. The Morgan fingerprint density at radius 3 is 2.09 bits per heavy atom. The summed E-state index contributed by atoms with van der Waals surface area (Å²) in [5.74, 6) is 0. The van der Waals surface area contributed by atoms with E-state index in [2.05, 4.69) is 58.8 Å². The van der Waals surface area contributed by atoms with Gasteiger partial charge in [-0.05, 0) is 42.4 Å². The van der Waals surface area contributed by atoms with Crippen molar-refractivity contribution in [2.24, 2.45) is 0 Å². The third kappa shape index (κ3) is 4.85. The van der Waals surface area contributed by atoms with Gasteiger partial charge in [-0.3, -0.25) is 0 Å². The highest BCUT2D eigenvalue weighted by Crippen LogP contribution is 2.25. The predicted molar refractivity (Wildman–Crippen MR) is 108 cm³/mol. The first kappa shape index (κ1) is 17.6. The molecule has 2 aromatic carbocycles. The van der Waals surface area contributed by atoms with Crippen LogP contribution in [0, 0.1) is 0 Å². The van der Waals surface area contributed by atoms with Gasteiger partial charge in [0.2, 0.25) is 0 Å². The van der Waals surface area contributed by atoms with Crippen molar-refractivity contribution >= 4 is 45.3 Å². The molecule has 4 aromatic rings. The Labute approximate surface area is 146 Å². The van der Waals surface area contributed by atoms with Gasteiger partial charge in [0.05, 0.1) is 0 Å². The molecule has 0 aliphatic heterocycles. The molecule has 2 N–H and O–H groups in total. The quantitative estimate of drug-likeness (QED) is 0.413. The van der Waals surface area contributed by atoms with Gasteiger partial charge < -0.3 is 9.97 Å². The first-order valence-electron chi connectivity index (χ1n) is 7.32. The van der Waals surface area contributed by atoms with Crippen LogP contribution in [0.15, 0.2) is 71.9 Å². The maximum absolute atomic E-state index is 3.22. The number of fused-ring (bicyclic) bond motifs is 2. The zero-order valence-corrected chi connectivity index (χ0v) is 15.3. The number of hydrogen-bond acceptors (Lipinski definition) is 2. The first-order valence-corrected chi connectivity index (χ1v) is 10.2. The summed E-state index contributed by atoms with van der Waals surface area (Å²) in [4.78, 5) is 7.66. The Hall–Kier alpha value is -1.78. The van der Waals surface area contributed by atoms with Crippen LogP contribution in [-0.4, -0.2) is 28.7 Å². The summed E-state index contributed by atoms with van der Waals surface area (Å²) in [6, 6.07) is 18.6. The summed E-state index contributed by atoms with van der Waals surface area (Å²) < 4.78 is 0. The Bertz CT molecular complexity index is 803. The lowest BCUT2D eigenvalue weighted by Crippen LogP contribution is -1.64. The average molecular weight is 343 g/mol. The molecule has 0 bridgehead atoms. The highest BCUT2D eigenvalue weighted by atomic mass is 32.2. The monoisotopic (exact) mass is 342 g/mol. The van der Waals surface area contributed by atoms with E-state index in [-0.39, 0.29) is 0 Å². The molecule has 2 aromatic heterocycles. The molecule has 120 valence electrons. The van der Waals surface area contributed by atoms with E-state index < -0.39 is 0 Å². The summed E-state index contributed by atoms with van der Waals surface area (Å²) in [6.45, 7) is 0. The lowest BCUT2D eigenvalue weighted by atomic mass is 10.2. The van der Waals surface area contributed by atoms with Crippen LogP contribution >= 0.6 is 23.5 Å². The van der Waals surface area contributed by atoms with E-state index >= 15 is 0 Å². The molecule has 4 rings (SSSR count). The fourth-order valence-electron chi connectivity index (χ4n) is 2.21. The molecular formula is C19H22N2S2. The summed E-state index contributed by atoms with van der Waals surface area (Å²) in [7, 11) is 0. The van der Waals surface area contributed by atoms with Gasteiger partial charge in [0, 0.05) is 33.7 Å². The van der Waals surface area contributed by atoms with Gasteiger partial charge in [-0.1, -0.05) is 36.4 Å². The Balaban J connectivity index is 0.000000145. The van der Waals surface area contributed by atoms with E-state index in [4.69, 9.17) is 0 Å². The number of thioether (sulfide) groups is 2. The number of aromatic amines is 2. The Kier molecular flexibility index (Phi) is 7.17. The van der Waals surface area contributed by atoms with E-state index in [0.717, 1.165) is 0 Å². The minimum absolute atomic E-state index is 1.21. The molecule has 2 heterocycles. The van der Waals surface area contributed by atoms with Crippen LogP contribution in [0.4, 0.5) is 0 Å². The highest BCUT2D eigenvalue weighted by Gasteiger charge is 1.98. The third-order valence-corrected chi connectivity index (χ3v) is 4.01. The Morgan fingerprint density at radius 1 is 0.739 bits per heavy atom. The number of nitrogens with one attached hydrogen (secondary N) is 2. The second kappa shape index (κ2) is 9.38. The lowest BCUT2D eigenvalue weighted by molar-refractivity contribution is 1.42. The molecule has 0 aliphatic carbocycles. The highest BCUT2D eigenvalue weighted by molar-refractivity contribution is 7.98. The van der Waals surface area contributed by atoms with E-state index in [9.17, 15) is 0 Å². The number of benzene rings is 2. The van der Waals surface area contributed by atoms with Gasteiger partial charge in [-0.2, -0.15) is 11.8 Å². The van der Waals surface area contributed by atoms with Gasteiger partial charge in [-0.25, -0.2) is 0 Å². The van der Waals surface area contributed by atoms with Crippen LogP contribution in [0.5, 0.6) is 0 Å². The molecule has 23 heavy (non-hydrogen) atoms. The SMILES string of the molecule is CSC.CSc1c[nH]c2ccccc12.c1ccc2[nH]ccc2c1. The molecule has 0 saturated heterocycles. The van der Waals surface area contributed by atoms with E-state index in [1.165, 1.54) is 26.7 Å². The van der Waals surface area contributed by atoms with Crippen LogP contribution in [0.1, 0.15) is 0 Å². The van der Waals surface area contributed by atoms with E-state index in [1.54, 1.807) is 23.5 Å². The van der Waals surface area contributed by atoms with Crippen LogP contribution in [0.25, 0.3) is 21.8 Å². The minimum atomic E-state index is 1.21. The van der Waals surface area contributed by atoms with Crippen molar-refractivity contribution in [2.75, 3.05) is 18.8 Å². The largest absolute Gasteiger partial charge is 0.361 e. The standard InChI is InChI=1S/C9H9NS.C8H7N.C2H6S/c1-11-9-6-10-8-5-3-2-4-7(8)9;1-2-4-8-7(3-1)5-6-9-8;1-3-2/h2-6,10H,1H3;1-6,9H;1-2H3. The minimum Gasteiger partial charge on any atom is -0.361 e. The lowest BCUT2D eigenvalue weighted by Gasteiger charge is -1.90. The zero-order valence-electron chi connectivity index (χ0n) is 13.7. The fraction of sp³-hybridized carbons (Fsp3) is 0.158. The molecule has 2 nitrogen and oxygen atoms in total. The maximum atomic E-state index is 3.22. The van der Waals surface area contributed by atoms with E-state index in [0.29, 0.717) is 0 Å².